The van der Waals surface area contributed by atoms with Crippen molar-refractivity contribution >= 4 is 43.1 Å². The lowest BCUT2D eigenvalue weighted by molar-refractivity contribution is -0.0387. The summed E-state index contributed by atoms with van der Waals surface area (Å²) in [6.45, 7) is 0. The standard InChI is InChI=1S/C38H30/c1-5-13-30-26(9-1)28-11-3-7-15-32(28)36-34(30)35-31-14-6-2-10-27(31)29-12-4-8-16-33(29)37(35)38(36)24-18-22-17-23(20-24)21-25(38)19-22/h1-16,22-25H,17-21H2. The third-order valence-corrected chi connectivity index (χ3v) is 11.4. The molecule has 0 heterocycles. The molecule has 0 aliphatic heterocycles. The van der Waals surface area contributed by atoms with Crippen LogP contribution in [0.4, 0.5) is 0 Å². The molecule has 0 N–H and O–H groups in total. The van der Waals surface area contributed by atoms with E-state index in [0.717, 1.165) is 23.7 Å². The fraction of sp³-hybridized carbons (Fsp3) is 0.263. The van der Waals surface area contributed by atoms with E-state index in [0.29, 0.717) is 0 Å². The minimum atomic E-state index is 0.116. The topological polar surface area (TPSA) is 0 Å². The molecular formula is C38H30. The molecule has 4 saturated carbocycles. The summed E-state index contributed by atoms with van der Waals surface area (Å²) in [7, 11) is 0. The number of hydrogen-bond acceptors (Lipinski definition) is 0. The van der Waals surface area contributed by atoms with Crippen molar-refractivity contribution in [2.24, 2.45) is 23.7 Å². The van der Waals surface area contributed by atoms with Crippen molar-refractivity contribution in [2.45, 2.75) is 37.5 Å². The maximum Gasteiger partial charge on any atom is 0.0284 e. The van der Waals surface area contributed by atoms with Crippen LogP contribution >= 0.6 is 0 Å². The summed E-state index contributed by atoms with van der Waals surface area (Å²) in [5, 5.41) is 11.6. The van der Waals surface area contributed by atoms with E-state index in [2.05, 4.69) is 97.1 Å². The molecular weight excluding hydrogens is 456 g/mol. The zero-order valence-corrected chi connectivity index (χ0v) is 21.6. The Kier molecular flexibility index (Phi) is 3.67. The van der Waals surface area contributed by atoms with Gasteiger partial charge in [0, 0.05) is 5.41 Å². The first-order valence-corrected chi connectivity index (χ1v) is 14.7. The smallest absolute Gasteiger partial charge is 0.0284 e. The summed E-state index contributed by atoms with van der Waals surface area (Å²) in [6.07, 6.45) is 7.13. The van der Waals surface area contributed by atoms with E-state index in [9.17, 15) is 0 Å². The Labute approximate surface area is 223 Å². The second-order valence-electron chi connectivity index (χ2n) is 12.9. The van der Waals surface area contributed by atoms with E-state index >= 15 is 0 Å². The Bertz CT molecular complexity index is 1830. The highest BCUT2D eigenvalue weighted by Gasteiger charge is 2.63. The van der Waals surface area contributed by atoms with Crippen LogP contribution in [0.1, 0.15) is 43.2 Å². The van der Waals surface area contributed by atoms with Gasteiger partial charge in [0.2, 0.25) is 0 Å². The maximum atomic E-state index is 2.46. The van der Waals surface area contributed by atoms with E-state index in [1.54, 1.807) is 22.3 Å². The highest BCUT2D eigenvalue weighted by Crippen LogP contribution is 2.72. The van der Waals surface area contributed by atoms with Gasteiger partial charge in [-0.3, -0.25) is 0 Å². The third-order valence-electron chi connectivity index (χ3n) is 11.4. The molecule has 0 radical (unpaired) electrons. The molecule has 182 valence electrons. The molecule has 5 aliphatic carbocycles. The molecule has 0 atom stereocenters. The number of fused-ring (bicyclic) bond motifs is 13. The van der Waals surface area contributed by atoms with Crippen LogP contribution in [-0.4, -0.2) is 0 Å². The van der Waals surface area contributed by atoms with Crippen LogP contribution < -0.4 is 0 Å². The minimum Gasteiger partial charge on any atom is -0.0616 e. The number of benzene rings is 6. The fourth-order valence-corrected chi connectivity index (χ4v) is 10.5. The van der Waals surface area contributed by atoms with Crippen molar-refractivity contribution in [3.05, 3.63) is 108 Å². The largest absolute Gasteiger partial charge is 0.0616 e. The van der Waals surface area contributed by atoms with Gasteiger partial charge in [0.25, 0.3) is 0 Å². The fourth-order valence-electron chi connectivity index (χ4n) is 10.5. The van der Waals surface area contributed by atoms with E-state index in [4.69, 9.17) is 0 Å². The first-order chi connectivity index (χ1) is 18.8. The highest BCUT2D eigenvalue weighted by atomic mass is 14.7. The summed E-state index contributed by atoms with van der Waals surface area (Å²) < 4.78 is 0. The van der Waals surface area contributed by atoms with Gasteiger partial charge in [0.05, 0.1) is 0 Å². The van der Waals surface area contributed by atoms with Gasteiger partial charge >= 0.3 is 0 Å². The minimum absolute atomic E-state index is 0.116. The van der Waals surface area contributed by atoms with Crippen molar-refractivity contribution in [1.29, 1.82) is 0 Å². The Hall–Kier alpha value is -3.64. The Morgan fingerprint density at radius 2 is 0.684 bits per heavy atom. The normalized spacial score (nSPS) is 26.1. The van der Waals surface area contributed by atoms with Crippen molar-refractivity contribution in [1.82, 2.24) is 0 Å². The third kappa shape index (κ3) is 2.20. The molecule has 6 aromatic rings. The number of rotatable bonds is 0. The van der Waals surface area contributed by atoms with Gasteiger partial charge in [0.15, 0.2) is 0 Å². The predicted octanol–water partition coefficient (Wildman–Crippen LogP) is 10.0. The van der Waals surface area contributed by atoms with Crippen LogP contribution in [0.25, 0.3) is 54.2 Å². The lowest BCUT2D eigenvalue weighted by atomic mass is 9.42. The molecule has 5 aliphatic rings. The monoisotopic (exact) mass is 486 g/mol. The van der Waals surface area contributed by atoms with Crippen LogP contribution in [0.3, 0.4) is 0 Å². The molecule has 4 fully saturated rings. The van der Waals surface area contributed by atoms with Gasteiger partial charge in [-0.1, -0.05) is 97.1 Å². The predicted molar refractivity (Wildman–Crippen MR) is 160 cm³/mol. The summed E-state index contributed by atoms with van der Waals surface area (Å²) in [4.78, 5) is 0. The maximum absolute atomic E-state index is 2.46. The second kappa shape index (κ2) is 6.86. The van der Waals surface area contributed by atoms with E-state index in [1.165, 1.54) is 75.2 Å². The molecule has 0 amide bonds. The Balaban J connectivity index is 1.53. The quantitative estimate of drug-likeness (QED) is 0.187. The number of hydrogen-bond donors (Lipinski definition) is 0. The molecule has 0 nitrogen and oxygen atoms in total. The van der Waals surface area contributed by atoms with Crippen LogP contribution in [0.5, 0.6) is 0 Å². The van der Waals surface area contributed by atoms with Gasteiger partial charge in [-0.15, -0.1) is 0 Å². The van der Waals surface area contributed by atoms with E-state index in [1.807, 2.05) is 0 Å². The zero-order chi connectivity index (χ0) is 24.6. The van der Waals surface area contributed by atoms with Gasteiger partial charge < -0.3 is 0 Å². The van der Waals surface area contributed by atoms with Gasteiger partial charge in [-0.25, -0.2) is 0 Å². The molecule has 11 rings (SSSR count). The van der Waals surface area contributed by atoms with Gasteiger partial charge in [-0.05, 0) is 121 Å². The average molecular weight is 487 g/mol. The van der Waals surface area contributed by atoms with Crippen molar-refractivity contribution in [3.8, 4) is 11.1 Å². The second-order valence-corrected chi connectivity index (χ2v) is 12.9. The molecule has 4 bridgehead atoms. The SMILES string of the molecule is c1ccc2c(c1)c1c(c3ccccc32)C2(c3c-1c1ccccc1c1ccccc31)C1CC3CC(C1)CC2C3. The van der Waals surface area contributed by atoms with Crippen molar-refractivity contribution < 1.29 is 0 Å². The van der Waals surface area contributed by atoms with E-state index in [-0.39, 0.29) is 5.41 Å². The zero-order valence-electron chi connectivity index (χ0n) is 21.6. The van der Waals surface area contributed by atoms with Gasteiger partial charge in [-0.2, -0.15) is 0 Å². The molecule has 0 heteroatoms. The van der Waals surface area contributed by atoms with Crippen LogP contribution in [-0.2, 0) is 5.41 Å². The molecule has 0 aromatic heterocycles. The van der Waals surface area contributed by atoms with Gasteiger partial charge in [0.1, 0.15) is 0 Å². The molecule has 6 aromatic carbocycles. The molecule has 1 spiro atoms. The molecule has 0 unspecified atom stereocenters. The Morgan fingerprint density at radius 3 is 1.08 bits per heavy atom. The van der Waals surface area contributed by atoms with Crippen LogP contribution in [0.2, 0.25) is 0 Å². The summed E-state index contributed by atoms with van der Waals surface area (Å²) in [6, 6.07) is 37.3. The first-order valence-electron chi connectivity index (χ1n) is 14.7. The van der Waals surface area contributed by atoms with Crippen molar-refractivity contribution in [2.75, 3.05) is 0 Å². The van der Waals surface area contributed by atoms with Crippen LogP contribution in [0, 0.1) is 23.7 Å². The highest BCUT2D eigenvalue weighted by molar-refractivity contribution is 6.26. The van der Waals surface area contributed by atoms with Crippen LogP contribution in [0.15, 0.2) is 97.1 Å². The lowest BCUT2D eigenvalue weighted by Gasteiger charge is -2.61. The molecule has 38 heavy (non-hydrogen) atoms. The van der Waals surface area contributed by atoms with Crippen molar-refractivity contribution in [3.63, 3.8) is 0 Å². The first kappa shape index (κ1) is 20.3. The summed E-state index contributed by atoms with van der Waals surface area (Å²) in [5.41, 5.74) is 6.62. The average Bonchev–Trinajstić information content (AvgIpc) is 3.29. The lowest BCUT2D eigenvalue weighted by Crippen LogP contribution is -2.55. The summed E-state index contributed by atoms with van der Waals surface area (Å²) >= 11 is 0. The summed E-state index contributed by atoms with van der Waals surface area (Å²) in [5.74, 6) is 3.36. The molecule has 0 saturated heterocycles. The van der Waals surface area contributed by atoms with E-state index < -0.39 is 0 Å². The Morgan fingerprint density at radius 1 is 0.368 bits per heavy atom.